The molecule has 1 amide bonds. The summed E-state index contributed by atoms with van der Waals surface area (Å²) in [4.78, 5) is 11.5. The summed E-state index contributed by atoms with van der Waals surface area (Å²) in [6, 6.07) is 0. The van der Waals surface area contributed by atoms with Crippen LogP contribution < -0.4 is 5.32 Å². The second kappa shape index (κ2) is 9.82. The van der Waals surface area contributed by atoms with E-state index in [1.54, 1.807) is 0 Å². The number of carbonyl (C=O) groups excluding carboxylic acids is 1. The normalized spacial score (nSPS) is 14.7. The van der Waals surface area contributed by atoms with Crippen LogP contribution in [0, 0.1) is 0 Å². The van der Waals surface area contributed by atoms with Gasteiger partial charge in [-0.25, -0.2) is 4.79 Å². The van der Waals surface area contributed by atoms with Crippen LogP contribution in [0.4, 0.5) is 4.79 Å². The number of hydrogen-bond acceptors (Lipinski definition) is 3. The van der Waals surface area contributed by atoms with E-state index in [0.717, 1.165) is 17.3 Å². The Bertz CT molecular complexity index is 273. The molecule has 5 heteroatoms. The van der Waals surface area contributed by atoms with Gasteiger partial charge in [0.2, 0.25) is 0 Å². The predicted octanol–water partition coefficient (Wildman–Crippen LogP) is 4.30. The van der Waals surface area contributed by atoms with Crippen molar-refractivity contribution >= 4 is 28.7 Å². The molecule has 1 unspecified atom stereocenters. The Kier molecular flexibility index (Phi) is 9.80. The van der Waals surface area contributed by atoms with Gasteiger partial charge in [-0.1, -0.05) is 49.3 Å². The van der Waals surface area contributed by atoms with Crippen molar-refractivity contribution in [3.8, 4) is 0 Å². The van der Waals surface area contributed by atoms with Gasteiger partial charge in [0.15, 0.2) is 0 Å². The molecule has 0 bridgehead atoms. The maximum absolute atomic E-state index is 11.5. The Morgan fingerprint density at radius 2 is 1.90 bits per heavy atom. The summed E-state index contributed by atoms with van der Waals surface area (Å²) in [7, 11) is 0. The molecule has 0 saturated heterocycles. The zero-order valence-electron chi connectivity index (χ0n) is 13.6. The van der Waals surface area contributed by atoms with Crippen molar-refractivity contribution in [1.29, 1.82) is 0 Å². The van der Waals surface area contributed by atoms with E-state index >= 15 is 0 Å². The highest BCUT2D eigenvalue weighted by atomic mass is 127. The molecule has 0 aliphatic rings. The molecule has 0 heterocycles. The molecule has 20 heavy (non-hydrogen) atoms. The fourth-order valence-electron chi connectivity index (χ4n) is 1.78. The molecule has 0 spiro atoms. The van der Waals surface area contributed by atoms with E-state index in [4.69, 9.17) is 9.47 Å². The highest BCUT2D eigenvalue weighted by Crippen LogP contribution is 2.25. The Morgan fingerprint density at radius 1 is 1.25 bits per heavy atom. The number of hydrogen-bond donors (Lipinski definition) is 1. The number of unbranched alkanes of at least 4 members (excludes halogenated alkanes) is 1. The number of carbonyl (C=O) groups is 1. The van der Waals surface area contributed by atoms with Crippen molar-refractivity contribution in [2.75, 3.05) is 17.6 Å². The van der Waals surface area contributed by atoms with Crippen LogP contribution in [0.5, 0.6) is 0 Å². The van der Waals surface area contributed by atoms with Crippen LogP contribution >= 0.6 is 22.6 Å². The van der Waals surface area contributed by atoms with Crippen molar-refractivity contribution in [3.05, 3.63) is 0 Å². The summed E-state index contributed by atoms with van der Waals surface area (Å²) in [5.41, 5.74) is -0.506. The summed E-state index contributed by atoms with van der Waals surface area (Å²) >= 11 is 2.39. The fourth-order valence-corrected chi connectivity index (χ4v) is 2.93. The SMILES string of the molecule is CCCCC(CC)(CI)OCCNC(=O)OC(C)(C)C. The first kappa shape index (κ1) is 20.0. The largest absolute Gasteiger partial charge is 0.444 e. The third-order valence-corrected chi connectivity index (χ3v) is 4.44. The van der Waals surface area contributed by atoms with E-state index < -0.39 is 5.60 Å². The van der Waals surface area contributed by atoms with Crippen molar-refractivity contribution in [2.45, 2.75) is 71.5 Å². The number of halogens is 1. The Morgan fingerprint density at radius 3 is 2.35 bits per heavy atom. The average Bonchev–Trinajstić information content (AvgIpc) is 2.36. The van der Waals surface area contributed by atoms with Gasteiger partial charge < -0.3 is 14.8 Å². The van der Waals surface area contributed by atoms with E-state index in [-0.39, 0.29) is 11.7 Å². The summed E-state index contributed by atoms with van der Waals surface area (Å²) < 4.78 is 12.2. The molecule has 0 aromatic rings. The van der Waals surface area contributed by atoms with Crippen molar-refractivity contribution in [2.24, 2.45) is 0 Å². The Labute approximate surface area is 137 Å². The second-order valence-corrected chi connectivity index (χ2v) is 6.81. The van der Waals surface area contributed by atoms with Crippen LogP contribution in [0.1, 0.15) is 60.3 Å². The van der Waals surface area contributed by atoms with Crippen LogP contribution in [-0.4, -0.2) is 34.9 Å². The van der Waals surface area contributed by atoms with Gasteiger partial charge in [-0.05, 0) is 33.6 Å². The van der Waals surface area contributed by atoms with Crippen molar-refractivity contribution in [1.82, 2.24) is 5.32 Å². The number of rotatable bonds is 9. The number of amides is 1. The molecule has 0 fully saturated rings. The molecule has 4 nitrogen and oxygen atoms in total. The summed E-state index contributed by atoms with van der Waals surface area (Å²) in [5.74, 6) is 0. The zero-order chi connectivity index (χ0) is 15.6. The molecular formula is C15H30INO3. The first-order valence-corrected chi connectivity index (χ1v) is 8.98. The number of alkyl carbamates (subject to hydrolysis) is 1. The van der Waals surface area contributed by atoms with Crippen LogP contribution in [0.2, 0.25) is 0 Å². The van der Waals surface area contributed by atoms with E-state index in [2.05, 4.69) is 41.8 Å². The van der Waals surface area contributed by atoms with Gasteiger partial charge >= 0.3 is 6.09 Å². The molecule has 0 radical (unpaired) electrons. The van der Waals surface area contributed by atoms with Crippen LogP contribution in [0.25, 0.3) is 0 Å². The van der Waals surface area contributed by atoms with Gasteiger partial charge in [0.05, 0.1) is 12.2 Å². The lowest BCUT2D eigenvalue weighted by atomic mass is 9.96. The molecule has 0 rings (SSSR count). The van der Waals surface area contributed by atoms with Gasteiger partial charge in [0.25, 0.3) is 0 Å². The molecule has 1 atom stereocenters. The number of ether oxygens (including phenoxy) is 2. The molecule has 120 valence electrons. The fraction of sp³-hybridized carbons (Fsp3) is 0.933. The minimum atomic E-state index is -0.457. The minimum Gasteiger partial charge on any atom is -0.444 e. The van der Waals surface area contributed by atoms with E-state index in [0.29, 0.717) is 13.2 Å². The van der Waals surface area contributed by atoms with Gasteiger partial charge in [-0.15, -0.1) is 0 Å². The highest BCUT2D eigenvalue weighted by molar-refractivity contribution is 14.1. The number of alkyl halides is 1. The minimum absolute atomic E-state index is 0.0494. The average molecular weight is 399 g/mol. The maximum atomic E-state index is 11.5. The molecule has 0 aromatic carbocycles. The molecule has 0 aliphatic heterocycles. The van der Waals surface area contributed by atoms with Gasteiger partial charge in [-0.3, -0.25) is 0 Å². The topological polar surface area (TPSA) is 47.6 Å². The standard InChI is InChI=1S/C15H30INO3/c1-6-8-9-15(7-2,12-16)19-11-10-17-13(18)20-14(3,4)5/h6-12H2,1-5H3,(H,17,18). The van der Waals surface area contributed by atoms with Crippen LogP contribution in [-0.2, 0) is 9.47 Å². The molecular weight excluding hydrogens is 369 g/mol. The first-order chi connectivity index (χ1) is 9.28. The highest BCUT2D eigenvalue weighted by Gasteiger charge is 2.27. The van der Waals surface area contributed by atoms with Gasteiger partial charge in [0, 0.05) is 11.0 Å². The smallest absolute Gasteiger partial charge is 0.407 e. The van der Waals surface area contributed by atoms with E-state index in [9.17, 15) is 4.79 Å². The summed E-state index contributed by atoms with van der Waals surface area (Å²) in [6.45, 7) is 10.9. The van der Waals surface area contributed by atoms with Crippen LogP contribution in [0.3, 0.4) is 0 Å². The monoisotopic (exact) mass is 399 g/mol. The Balaban J connectivity index is 4.03. The maximum Gasteiger partial charge on any atom is 0.407 e. The lowest BCUT2D eigenvalue weighted by Crippen LogP contribution is -2.38. The third kappa shape index (κ3) is 9.00. The number of nitrogens with one attached hydrogen (secondary N) is 1. The Hall–Kier alpha value is -0.0400. The van der Waals surface area contributed by atoms with Crippen molar-refractivity contribution in [3.63, 3.8) is 0 Å². The predicted molar refractivity (Wildman–Crippen MR) is 91.6 cm³/mol. The molecule has 1 N–H and O–H groups in total. The molecule has 0 aromatic heterocycles. The van der Waals surface area contributed by atoms with E-state index in [1.807, 2.05) is 20.8 Å². The molecule has 0 saturated carbocycles. The third-order valence-electron chi connectivity index (χ3n) is 3.05. The lowest BCUT2D eigenvalue weighted by Gasteiger charge is -2.31. The summed E-state index contributed by atoms with van der Waals surface area (Å²) in [6.07, 6.45) is 4.05. The first-order valence-electron chi connectivity index (χ1n) is 7.45. The second-order valence-electron chi connectivity index (χ2n) is 6.05. The summed E-state index contributed by atoms with van der Waals surface area (Å²) in [5, 5.41) is 2.73. The van der Waals surface area contributed by atoms with Crippen molar-refractivity contribution < 1.29 is 14.3 Å². The zero-order valence-corrected chi connectivity index (χ0v) is 15.7. The van der Waals surface area contributed by atoms with Crippen LogP contribution in [0.15, 0.2) is 0 Å². The lowest BCUT2D eigenvalue weighted by molar-refractivity contribution is -0.0346. The van der Waals surface area contributed by atoms with E-state index in [1.165, 1.54) is 12.8 Å². The van der Waals surface area contributed by atoms with Gasteiger partial charge in [-0.2, -0.15) is 0 Å². The van der Waals surface area contributed by atoms with Gasteiger partial charge in [0.1, 0.15) is 5.60 Å². The molecule has 0 aliphatic carbocycles. The quantitative estimate of drug-likeness (QED) is 0.357.